The number of fused-ring (bicyclic) bond motifs is 1. The highest BCUT2D eigenvalue weighted by molar-refractivity contribution is 6.17. The standard InChI is InChI=1S/C13H18ClN3O2/c1-16-7-4-12(15-19)10-8-17(6-3-2-5-14)9-11(10)13(16)18/h8-9,19H,2-7H2,1H3/b15-12-. The second kappa shape index (κ2) is 6.10. The number of rotatable bonds is 4. The van der Waals surface area contributed by atoms with Crippen molar-refractivity contribution >= 4 is 23.2 Å². The number of oxime groups is 1. The molecule has 0 spiro atoms. The van der Waals surface area contributed by atoms with Crippen molar-refractivity contribution in [2.24, 2.45) is 5.16 Å². The van der Waals surface area contributed by atoms with Gasteiger partial charge < -0.3 is 14.7 Å². The van der Waals surface area contributed by atoms with Crippen molar-refractivity contribution in [1.82, 2.24) is 9.47 Å². The van der Waals surface area contributed by atoms with E-state index in [0.29, 0.717) is 30.1 Å². The van der Waals surface area contributed by atoms with Crippen molar-refractivity contribution in [2.45, 2.75) is 25.8 Å². The fourth-order valence-corrected chi connectivity index (χ4v) is 2.43. The van der Waals surface area contributed by atoms with Crippen LogP contribution in [0.3, 0.4) is 0 Å². The summed E-state index contributed by atoms with van der Waals surface area (Å²) in [5.41, 5.74) is 1.92. The molecule has 0 unspecified atom stereocenters. The third-order valence-electron chi connectivity index (χ3n) is 3.37. The Morgan fingerprint density at radius 3 is 2.79 bits per heavy atom. The van der Waals surface area contributed by atoms with Crippen molar-refractivity contribution in [3.05, 3.63) is 23.5 Å². The van der Waals surface area contributed by atoms with Gasteiger partial charge in [0.1, 0.15) is 0 Å². The van der Waals surface area contributed by atoms with E-state index in [1.165, 1.54) is 0 Å². The molecule has 1 aromatic rings. The molecule has 19 heavy (non-hydrogen) atoms. The van der Waals surface area contributed by atoms with Crippen LogP contribution in [-0.2, 0) is 6.54 Å². The van der Waals surface area contributed by atoms with Crippen LogP contribution in [0.5, 0.6) is 0 Å². The third kappa shape index (κ3) is 2.92. The molecule has 1 aliphatic rings. The average Bonchev–Trinajstić information content (AvgIpc) is 2.78. The van der Waals surface area contributed by atoms with Gasteiger partial charge in [-0.3, -0.25) is 4.79 Å². The Morgan fingerprint density at radius 2 is 2.11 bits per heavy atom. The van der Waals surface area contributed by atoms with Crippen molar-refractivity contribution < 1.29 is 10.0 Å². The summed E-state index contributed by atoms with van der Waals surface area (Å²) in [6.07, 6.45) is 6.19. The molecule has 2 rings (SSSR count). The smallest absolute Gasteiger partial charge is 0.255 e. The minimum atomic E-state index is -0.0234. The van der Waals surface area contributed by atoms with E-state index in [1.807, 2.05) is 17.0 Å². The average molecular weight is 284 g/mol. The molecule has 1 aromatic heterocycles. The second-order valence-corrected chi connectivity index (χ2v) is 5.12. The monoisotopic (exact) mass is 283 g/mol. The Kier molecular flexibility index (Phi) is 4.47. The number of hydrogen-bond acceptors (Lipinski definition) is 3. The molecule has 0 saturated heterocycles. The molecule has 0 aromatic carbocycles. The third-order valence-corrected chi connectivity index (χ3v) is 3.64. The van der Waals surface area contributed by atoms with Crippen LogP contribution in [0.25, 0.3) is 0 Å². The molecule has 0 saturated carbocycles. The van der Waals surface area contributed by atoms with Gasteiger partial charge in [-0.2, -0.15) is 0 Å². The van der Waals surface area contributed by atoms with Gasteiger partial charge in [-0.05, 0) is 12.8 Å². The summed E-state index contributed by atoms with van der Waals surface area (Å²) in [7, 11) is 1.76. The van der Waals surface area contributed by atoms with Crippen LogP contribution in [-0.4, -0.2) is 45.8 Å². The molecule has 2 heterocycles. The lowest BCUT2D eigenvalue weighted by Crippen LogP contribution is -2.26. The van der Waals surface area contributed by atoms with E-state index in [1.54, 1.807) is 11.9 Å². The van der Waals surface area contributed by atoms with Crippen molar-refractivity contribution in [3.63, 3.8) is 0 Å². The van der Waals surface area contributed by atoms with Gasteiger partial charge in [-0.25, -0.2) is 0 Å². The summed E-state index contributed by atoms with van der Waals surface area (Å²) in [5.74, 6) is 0.621. The maximum atomic E-state index is 12.2. The van der Waals surface area contributed by atoms with Crippen molar-refractivity contribution in [1.29, 1.82) is 0 Å². The fraction of sp³-hybridized carbons (Fsp3) is 0.538. The Balaban J connectivity index is 2.28. The number of aryl methyl sites for hydroxylation is 1. The zero-order chi connectivity index (χ0) is 13.8. The lowest BCUT2D eigenvalue weighted by Gasteiger charge is -2.12. The summed E-state index contributed by atoms with van der Waals surface area (Å²) < 4.78 is 1.97. The second-order valence-electron chi connectivity index (χ2n) is 4.74. The molecule has 104 valence electrons. The quantitative estimate of drug-likeness (QED) is 0.398. The first-order chi connectivity index (χ1) is 9.17. The molecule has 0 aliphatic carbocycles. The highest BCUT2D eigenvalue weighted by Gasteiger charge is 2.25. The first kappa shape index (κ1) is 13.9. The number of hydrogen-bond donors (Lipinski definition) is 1. The molecular formula is C13H18ClN3O2. The Hall–Kier alpha value is -1.49. The van der Waals surface area contributed by atoms with Crippen LogP contribution in [0.4, 0.5) is 0 Å². The molecule has 0 bridgehead atoms. The molecule has 0 fully saturated rings. The van der Waals surface area contributed by atoms with Gasteiger partial charge in [0, 0.05) is 50.4 Å². The van der Waals surface area contributed by atoms with E-state index >= 15 is 0 Å². The van der Waals surface area contributed by atoms with Gasteiger partial charge in [-0.15, -0.1) is 11.6 Å². The summed E-state index contributed by atoms with van der Waals surface area (Å²) >= 11 is 5.66. The lowest BCUT2D eigenvalue weighted by atomic mass is 10.1. The molecule has 1 aliphatic heterocycles. The van der Waals surface area contributed by atoms with E-state index in [9.17, 15) is 4.79 Å². The normalized spacial score (nSPS) is 17.7. The van der Waals surface area contributed by atoms with Crippen LogP contribution in [0.15, 0.2) is 17.5 Å². The van der Waals surface area contributed by atoms with Gasteiger partial charge in [0.2, 0.25) is 0 Å². The molecule has 0 atom stereocenters. The summed E-state index contributed by atoms with van der Waals surface area (Å²) in [4.78, 5) is 13.8. The van der Waals surface area contributed by atoms with E-state index in [2.05, 4.69) is 5.16 Å². The molecule has 6 heteroatoms. The van der Waals surface area contributed by atoms with Crippen molar-refractivity contribution in [3.8, 4) is 0 Å². The number of aromatic nitrogens is 1. The maximum Gasteiger partial charge on any atom is 0.255 e. The first-order valence-electron chi connectivity index (χ1n) is 6.40. The van der Waals surface area contributed by atoms with Gasteiger partial charge in [0.15, 0.2) is 0 Å². The first-order valence-corrected chi connectivity index (χ1v) is 6.93. The van der Waals surface area contributed by atoms with Crippen LogP contribution >= 0.6 is 11.6 Å². The van der Waals surface area contributed by atoms with E-state index in [4.69, 9.17) is 16.8 Å². The minimum absolute atomic E-state index is 0.0234. The highest BCUT2D eigenvalue weighted by Crippen LogP contribution is 2.20. The number of nitrogens with zero attached hydrogens (tertiary/aromatic N) is 3. The molecular weight excluding hydrogens is 266 g/mol. The zero-order valence-electron chi connectivity index (χ0n) is 11.0. The molecule has 1 N–H and O–H groups in total. The number of halogens is 1. The Labute approximate surface area is 117 Å². The maximum absolute atomic E-state index is 12.2. The largest absolute Gasteiger partial charge is 0.411 e. The summed E-state index contributed by atoms with van der Waals surface area (Å²) in [5, 5.41) is 12.4. The van der Waals surface area contributed by atoms with E-state index in [-0.39, 0.29) is 5.91 Å². The number of carbonyl (C=O) groups is 1. The summed E-state index contributed by atoms with van der Waals surface area (Å²) in [6, 6.07) is 0. The summed E-state index contributed by atoms with van der Waals surface area (Å²) in [6.45, 7) is 1.38. The Morgan fingerprint density at radius 1 is 1.37 bits per heavy atom. The molecule has 0 radical (unpaired) electrons. The number of unbranched alkanes of at least 4 members (excludes halogenated alkanes) is 1. The zero-order valence-corrected chi connectivity index (χ0v) is 11.7. The van der Waals surface area contributed by atoms with E-state index < -0.39 is 0 Å². The fourth-order valence-electron chi connectivity index (χ4n) is 2.25. The van der Waals surface area contributed by atoms with Gasteiger partial charge in [0.25, 0.3) is 5.91 Å². The van der Waals surface area contributed by atoms with Crippen LogP contribution in [0.2, 0.25) is 0 Å². The highest BCUT2D eigenvalue weighted by atomic mass is 35.5. The molecule has 1 amide bonds. The van der Waals surface area contributed by atoms with Crippen LogP contribution < -0.4 is 0 Å². The minimum Gasteiger partial charge on any atom is -0.411 e. The van der Waals surface area contributed by atoms with Gasteiger partial charge in [0.05, 0.1) is 11.3 Å². The van der Waals surface area contributed by atoms with Crippen LogP contribution in [0, 0.1) is 0 Å². The van der Waals surface area contributed by atoms with Gasteiger partial charge >= 0.3 is 0 Å². The predicted octanol–water partition coefficient (Wildman–Crippen LogP) is 2.16. The lowest BCUT2D eigenvalue weighted by molar-refractivity contribution is 0.0801. The number of amides is 1. The van der Waals surface area contributed by atoms with E-state index in [0.717, 1.165) is 24.9 Å². The predicted molar refractivity (Wildman–Crippen MR) is 74.3 cm³/mol. The van der Waals surface area contributed by atoms with Crippen LogP contribution in [0.1, 0.15) is 35.2 Å². The number of carbonyl (C=O) groups excluding carboxylic acids is 1. The Bertz CT molecular complexity index is 496. The topological polar surface area (TPSA) is 57.8 Å². The van der Waals surface area contributed by atoms with Gasteiger partial charge in [-0.1, -0.05) is 5.16 Å². The molecule has 5 nitrogen and oxygen atoms in total. The number of alkyl halides is 1. The SMILES string of the molecule is CN1CC/C(=N/O)c2cn(CCCCCl)cc2C1=O. The van der Waals surface area contributed by atoms with Crippen molar-refractivity contribution in [2.75, 3.05) is 19.5 Å².